The van der Waals surface area contributed by atoms with Gasteiger partial charge < -0.3 is 15.2 Å². The van der Waals surface area contributed by atoms with Gasteiger partial charge in [0.15, 0.2) is 0 Å². The molecule has 0 fully saturated rings. The van der Waals surface area contributed by atoms with Crippen molar-refractivity contribution in [3.05, 3.63) is 48.0 Å². The second-order valence-electron chi connectivity index (χ2n) is 4.96. The van der Waals surface area contributed by atoms with E-state index in [4.69, 9.17) is 0 Å². The third-order valence-electron chi connectivity index (χ3n) is 3.52. The van der Waals surface area contributed by atoms with Crippen LogP contribution in [0.1, 0.15) is 22.3 Å². The molecule has 5 nitrogen and oxygen atoms in total. The number of aryl methyl sites for hydroxylation is 1. The molecule has 2 aromatic rings. The van der Waals surface area contributed by atoms with Crippen LogP contribution in [-0.2, 0) is 13.0 Å². The van der Waals surface area contributed by atoms with Gasteiger partial charge in [-0.3, -0.25) is 4.79 Å². The lowest BCUT2D eigenvalue weighted by Gasteiger charge is -2.07. The van der Waals surface area contributed by atoms with E-state index in [-0.39, 0.29) is 5.91 Å². The van der Waals surface area contributed by atoms with Gasteiger partial charge in [-0.25, -0.2) is 4.98 Å². The lowest BCUT2D eigenvalue weighted by Crippen LogP contribution is -2.25. The molecule has 0 spiro atoms. The maximum atomic E-state index is 12.1. The number of carbonyl (C=O) groups is 1. The molecule has 5 heteroatoms. The van der Waals surface area contributed by atoms with Gasteiger partial charge in [0.1, 0.15) is 0 Å². The van der Waals surface area contributed by atoms with E-state index in [0.29, 0.717) is 6.54 Å². The molecule has 104 valence electrons. The topological polar surface area (TPSA) is 59.0 Å². The fraction of sp³-hybridized carbons (Fsp3) is 0.333. The second kappa shape index (κ2) is 5.77. The van der Waals surface area contributed by atoms with Crippen LogP contribution in [0.15, 0.2) is 36.9 Å². The number of rotatable bonds is 5. The number of benzene rings is 1. The van der Waals surface area contributed by atoms with Crippen LogP contribution in [0.2, 0.25) is 0 Å². The Morgan fingerprint density at radius 2 is 2.40 bits per heavy atom. The van der Waals surface area contributed by atoms with Crippen LogP contribution < -0.4 is 10.6 Å². The van der Waals surface area contributed by atoms with Crippen molar-refractivity contribution in [1.82, 2.24) is 14.9 Å². The number of hydrogen-bond acceptors (Lipinski definition) is 3. The zero-order valence-electron chi connectivity index (χ0n) is 11.3. The average Bonchev–Trinajstić information content (AvgIpc) is 3.13. The SMILES string of the molecule is O=C(NCCCn1ccnc1)c1ccc2c(c1)CCN2. The third kappa shape index (κ3) is 2.82. The lowest BCUT2D eigenvalue weighted by molar-refractivity contribution is 0.0952. The average molecular weight is 270 g/mol. The highest BCUT2D eigenvalue weighted by atomic mass is 16.1. The maximum Gasteiger partial charge on any atom is 0.251 e. The van der Waals surface area contributed by atoms with Crippen molar-refractivity contribution in [2.75, 3.05) is 18.4 Å². The largest absolute Gasteiger partial charge is 0.384 e. The van der Waals surface area contributed by atoms with Crippen molar-refractivity contribution < 1.29 is 4.79 Å². The Kier molecular flexibility index (Phi) is 3.67. The Morgan fingerprint density at radius 1 is 1.45 bits per heavy atom. The van der Waals surface area contributed by atoms with Gasteiger partial charge in [-0.05, 0) is 36.6 Å². The highest BCUT2D eigenvalue weighted by molar-refractivity contribution is 5.95. The summed E-state index contributed by atoms with van der Waals surface area (Å²) in [6.45, 7) is 2.51. The Bertz CT molecular complexity index is 592. The number of anilines is 1. The first-order valence-electron chi connectivity index (χ1n) is 6.94. The predicted octanol–water partition coefficient (Wildman–Crippen LogP) is 1.67. The van der Waals surface area contributed by atoms with Gasteiger partial charge in [0.2, 0.25) is 0 Å². The van der Waals surface area contributed by atoms with Crippen LogP contribution in [0.25, 0.3) is 0 Å². The van der Waals surface area contributed by atoms with Crippen molar-refractivity contribution in [2.45, 2.75) is 19.4 Å². The highest BCUT2D eigenvalue weighted by Crippen LogP contribution is 2.22. The Balaban J connectivity index is 1.49. The monoisotopic (exact) mass is 270 g/mol. The Morgan fingerprint density at radius 3 is 3.25 bits per heavy atom. The molecule has 20 heavy (non-hydrogen) atoms. The van der Waals surface area contributed by atoms with Crippen LogP contribution in [0, 0.1) is 0 Å². The predicted molar refractivity (Wildman–Crippen MR) is 77.8 cm³/mol. The molecule has 0 saturated heterocycles. The first-order valence-corrected chi connectivity index (χ1v) is 6.94. The number of nitrogens with zero attached hydrogens (tertiary/aromatic N) is 2. The minimum Gasteiger partial charge on any atom is -0.384 e. The summed E-state index contributed by atoms with van der Waals surface area (Å²) < 4.78 is 2.01. The van der Waals surface area contributed by atoms with Gasteiger partial charge in [-0.15, -0.1) is 0 Å². The zero-order chi connectivity index (χ0) is 13.8. The molecule has 0 saturated carbocycles. The van der Waals surface area contributed by atoms with Gasteiger partial charge in [0.05, 0.1) is 6.33 Å². The van der Waals surface area contributed by atoms with Gasteiger partial charge in [0, 0.05) is 43.3 Å². The number of carbonyl (C=O) groups excluding carboxylic acids is 1. The Hall–Kier alpha value is -2.30. The van der Waals surface area contributed by atoms with E-state index in [1.165, 1.54) is 5.56 Å². The maximum absolute atomic E-state index is 12.1. The van der Waals surface area contributed by atoms with E-state index < -0.39 is 0 Å². The number of fused-ring (bicyclic) bond motifs is 1. The molecule has 0 radical (unpaired) electrons. The standard InChI is InChI=1S/C15H18N4O/c20-15(18-5-1-8-19-9-7-16-11-19)13-2-3-14-12(10-13)4-6-17-14/h2-3,7,9-11,17H,1,4-6,8H2,(H,18,20). The first kappa shape index (κ1) is 12.7. The first-order chi connectivity index (χ1) is 9.83. The summed E-state index contributed by atoms with van der Waals surface area (Å²) in [7, 11) is 0. The molecule has 0 bridgehead atoms. The molecular weight excluding hydrogens is 252 g/mol. The zero-order valence-corrected chi connectivity index (χ0v) is 11.3. The molecule has 0 unspecified atom stereocenters. The Labute approximate surface area is 118 Å². The molecule has 2 N–H and O–H groups in total. The van der Waals surface area contributed by atoms with Crippen molar-refractivity contribution in [1.29, 1.82) is 0 Å². The highest BCUT2D eigenvalue weighted by Gasteiger charge is 2.12. The molecule has 3 rings (SSSR count). The number of aromatic nitrogens is 2. The number of nitrogens with one attached hydrogen (secondary N) is 2. The summed E-state index contributed by atoms with van der Waals surface area (Å²) in [5, 5.41) is 6.25. The summed E-state index contributed by atoms with van der Waals surface area (Å²) in [6.07, 6.45) is 7.37. The van der Waals surface area contributed by atoms with Crippen molar-refractivity contribution >= 4 is 11.6 Å². The summed E-state index contributed by atoms with van der Waals surface area (Å²) in [6, 6.07) is 5.85. The summed E-state index contributed by atoms with van der Waals surface area (Å²) in [4.78, 5) is 16.0. The number of amides is 1. The molecular formula is C15H18N4O. The van der Waals surface area contributed by atoms with Crippen LogP contribution >= 0.6 is 0 Å². The number of imidazole rings is 1. The summed E-state index contributed by atoms with van der Waals surface area (Å²) >= 11 is 0. The van der Waals surface area contributed by atoms with E-state index in [0.717, 1.165) is 37.2 Å². The lowest BCUT2D eigenvalue weighted by atomic mass is 10.1. The van der Waals surface area contributed by atoms with Crippen LogP contribution in [0.3, 0.4) is 0 Å². The molecule has 0 atom stereocenters. The molecule has 1 aromatic carbocycles. The van der Waals surface area contributed by atoms with E-state index in [1.54, 1.807) is 12.5 Å². The van der Waals surface area contributed by atoms with Crippen LogP contribution in [0.4, 0.5) is 5.69 Å². The van der Waals surface area contributed by atoms with E-state index >= 15 is 0 Å². The second-order valence-corrected chi connectivity index (χ2v) is 4.96. The van der Waals surface area contributed by atoms with E-state index in [1.807, 2.05) is 29.0 Å². The van der Waals surface area contributed by atoms with Crippen molar-refractivity contribution in [2.24, 2.45) is 0 Å². The molecule has 1 aliphatic heterocycles. The third-order valence-corrected chi connectivity index (χ3v) is 3.52. The minimum atomic E-state index is 0.00494. The fourth-order valence-electron chi connectivity index (χ4n) is 2.43. The van der Waals surface area contributed by atoms with Crippen molar-refractivity contribution in [3.63, 3.8) is 0 Å². The van der Waals surface area contributed by atoms with Crippen LogP contribution in [0.5, 0.6) is 0 Å². The quantitative estimate of drug-likeness (QED) is 0.813. The molecule has 1 aliphatic rings. The van der Waals surface area contributed by atoms with E-state index in [9.17, 15) is 4.79 Å². The molecule has 0 aliphatic carbocycles. The smallest absolute Gasteiger partial charge is 0.251 e. The summed E-state index contributed by atoms with van der Waals surface area (Å²) in [5.41, 5.74) is 3.13. The molecule has 1 amide bonds. The van der Waals surface area contributed by atoms with Gasteiger partial charge in [-0.2, -0.15) is 0 Å². The summed E-state index contributed by atoms with van der Waals surface area (Å²) in [5.74, 6) is 0.00494. The van der Waals surface area contributed by atoms with Gasteiger partial charge in [-0.1, -0.05) is 0 Å². The van der Waals surface area contributed by atoms with Crippen LogP contribution in [-0.4, -0.2) is 28.5 Å². The fourth-order valence-corrected chi connectivity index (χ4v) is 2.43. The van der Waals surface area contributed by atoms with Crippen molar-refractivity contribution in [3.8, 4) is 0 Å². The van der Waals surface area contributed by atoms with Gasteiger partial charge in [0.25, 0.3) is 5.91 Å². The molecule has 2 heterocycles. The molecule has 1 aromatic heterocycles. The van der Waals surface area contributed by atoms with Gasteiger partial charge >= 0.3 is 0 Å². The van der Waals surface area contributed by atoms with E-state index in [2.05, 4.69) is 15.6 Å². The number of hydrogen-bond donors (Lipinski definition) is 2. The normalized spacial score (nSPS) is 12.8. The minimum absolute atomic E-state index is 0.00494.